The zero-order valence-corrected chi connectivity index (χ0v) is 15.1. The Bertz CT molecular complexity index is 650. The van der Waals surface area contributed by atoms with Crippen molar-refractivity contribution in [3.8, 4) is 0 Å². The van der Waals surface area contributed by atoms with Crippen LogP contribution in [0.2, 0.25) is 0 Å². The molecule has 0 spiro atoms. The van der Waals surface area contributed by atoms with Crippen molar-refractivity contribution in [3.05, 3.63) is 48.0 Å². The van der Waals surface area contributed by atoms with E-state index in [1.807, 2.05) is 6.07 Å². The number of carbonyl (C=O) groups is 2. The van der Waals surface area contributed by atoms with Gasteiger partial charge in [-0.15, -0.1) is 0 Å². The number of hydrogen-bond donors (Lipinski definition) is 1. The molecule has 1 amide bonds. The Morgan fingerprint density at radius 1 is 1.28 bits per heavy atom. The first-order valence-electron chi connectivity index (χ1n) is 8.31. The quantitative estimate of drug-likeness (QED) is 0.669. The number of ether oxygens (including phenoxy) is 2. The predicted octanol–water partition coefficient (Wildman–Crippen LogP) is 2.83. The Morgan fingerprint density at radius 2 is 1.92 bits per heavy atom. The monoisotopic (exact) mass is 347 g/mol. The van der Waals surface area contributed by atoms with Crippen LogP contribution in [0.4, 0.5) is 4.79 Å². The first kappa shape index (κ1) is 19.0. The summed E-state index contributed by atoms with van der Waals surface area (Å²) in [6, 6.07) is 8.72. The maximum atomic E-state index is 12.8. The molecule has 0 radical (unpaired) electrons. The van der Waals surface area contributed by atoms with Crippen molar-refractivity contribution in [2.24, 2.45) is 0 Å². The molecular weight excluding hydrogens is 322 g/mol. The Balaban J connectivity index is 2.45. The topological polar surface area (TPSA) is 76.1 Å². The second-order valence-electron chi connectivity index (χ2n) is 6.85. The van der Waals surface area contributed by atoms with Crippen LogP contribution in [0.25, 0.3) is 0 Å². The number of carbonyl (C=O) groups excluding carboxylic acids is 2. The van der Waals surface area contributed by atoms with E-state index in [4.69, 9.17) is 9.47 Å². The van der Waals surface area contributed by atoms with Crippen molar-refractivity contribution >= 4 is 12.1 Å². The Morgan fingerprint density at radius 3 is 2.48 bits per heavy atom. The van der Waals surface area contributed by atoms with E-state index in [1.165, 1.54) is 11.0 Å². The van der Waals surface area contributed by atoms with Crippen LogP contribution < -0.4 is 0 Å². The number of benzene rings is 1. The van der Waals surface area contributed by atoms with Crippen LogP contribution in [0.5, 0.6) is 0 Å². The lowest BCUT2D eigenvalue weighted by Crippen LogP contribution is -2.58. The lowest BCUT2D eigenvalue weighted by Gasteiger charge is -2.39. The number of rotatable bonds is 4. The number of aliphatic hydroxyl groups is 1. The summed E-state index contributed by atoms with van der Waals surface area (Å²) in [4.78, 5) is 26.7. The number of hydrogen-bond acceptors (Lipinski definition) is 5. The number of nitrogens with zero attached hydrogens (tertiary/aromatic N) is 1. The van der Waals surface area contributed by atoms with Gasteiger partial charge in [0.25, 0.3) is 0 Å². The normalized spacial score (nSPS) is 21.1. The smallest absolute Gasteiger partial charge is 0.411 e. The molecule has 2 rings (SSSR count). The highest BCUT2D eigenvalue weighted by atomic mass is 16.6. The summed E-state index contributed by atoms with van der Waals surface area (Å²) in [5.41, 5.74) is -1.87. The highest BCUT2D eigenvalue weighted by molar-refractivity contribution is 5.90. The molecule has 1 heterocycles. The molecule has 0 saturated heterocycles. The summed E-state index contributed by atoms with van der Waals surface area (Å²) >= 11 is 0. The van der Waals surface area contributed by atoms with Crippen LogP contribution in [0.1, 0.15) is 39.4 Å². The first-order chi connectivity index (χ1) is 11.7. The van der Waals surface area contributed by atoms with Gasteiger partial charge < -0.3 is 14.6 Å². The van der Waals surface area contributed by atoms with Gasteiger partial charge in [0.15, 0.2) is 5.54 Å². The lowest BCUT2D eigenvalue weighted by molar-refractivity contribution is -0.160. The third-order valence-corrected chi connectivity index (χ3v) is 3.86. The molecular formula is C19H25NO5. The predicted molar refractivity (Wildman–Crippen MR) is 92.8 cm³/mol. The number of aliphatic hydroxyl groups excluding tert-OH is 1. The number of esters is 1. The van der Waals surface area contributed by atoms with Gasteiger partial charge in [-0.05, 0) is 39.3 Å². The first-order valence-corrected chi connectivity index (χ1v) is 8.31. The molecule has 1 aliphatic rings. The summed E-state index contributed by atoms with van der Waals surface area (Å²) in [5.74, 6) is -0.689. The molecule has 25 heavy (non-hydrogen) atoms. The number of amides is 1. The Kier molecular flexibility index (Phi) is 5.52. The highest BCUT2D eigenvalue weighted by Crippen LogP contribution is 2.38. The largest absolute Gasteiger partial charge is 0.464 e. The van der Waals surface area contributed by atoms with Gasteiger partial charge in [0.2, 0.25) is 0 Å². The van der Waals surface area contributed by atoms with Gasteiger partial charge in [0, 0.05) is 6.54 Å². The third-order valence-electron chi connectivity index (χ3n) is 3.86. The van der Waals surface area contributed by atoms with Gasteiger partial charge in [-0.3, -0.25) is 4.90 Å². The summed E-state index contributed by atoms with van der Waals surface area (Å²) in [6.45, 7) is 7.20. The van der Waals surface area contributed by atoms with Gasteiger partial charge in [0.05, 0.1) is 6.61 Å². The lowest BCUT2D eigenvalue weighted by atomic mass is 9.87. The summed E-state index contributed by atoms with van der Waals surface area (Å²) in [6.07, 6.45) is 1.22. The van der Waals surface area contributed by atoms with Gasteiger partial charge in [-0.1, -0.05) is 36.4 Å². The molecule has 1 aromatic rings. The van der Waals surface area contributed by atoms with Crippen molar-refractivity contribution in [3.63, 3.8) is 0 Å². The second kappa shape index (κ2) is 7.27. The fourth-order valence-electron chi connectivity index (χ4n) is 2.79. The average Bonchev–Trinajstić information content (AvgIpc) is 3.00. The van der Waals surface area contributed by atoms with Gasteiger partial charge in [0.1, 0.15) is 11.7 Å². The van der Waals surface area contributed by atoms with E-state index in [0.717, 1.165) is 0 Å². The van der Waals surface area contributed by atoms with Crippen LogP contribution in [-0.2, 0) is 14.3 Å². The molecule has 0 saturated carbocycles. The SMILES string of the molecule is CCOC(=O)[C@]1([C@@H](O)c2ccccc2)C=CCN1C(=O)OC(C)(C)C. The van der Waals surface area contributed by atoms with Crippen molar-refractivity contribution < 1.29 is 24.2 Å². The van der Waals surface area contributed by atoms with Crippen molar-refractivity contribution in [1.29, 1.82) is 0 Å². The van der Waals surface area contributed by atoms with Crippen LogP contribution in [0, 0.1) is 0 Å². The zero-order valence-electron chi connectivity index (χ0n) is 15.1. The molecule has 2 atom stereocenters. The van der Waals surface area contributed by atoms with Crippen LogP contribution in [0.15, 0.2) is 42.5 Å². The molecule has 6 heteroatoms. The van der Waals surface area contributed by atoms with E-state index in [9.17, 15) is 14.7 Å². The van der Waals surface area contributed by atoms with Crippen molar-refractivity contribution in [2.75, 3.05) is 13.2 Å². The molecule has 1 N–H and O–H groups in total. The summed E-state index contributed by atoms with van der Waals surface area (Å²) < 4.78 is 10.6. The molecule has 0 unspecified atom stereocenters. The van der Waals surface area contributed by atoms with E-state index >= 15 is 0 Å². The molecule has 0 bridgehead atoms. The van der Waals surface area contributed by atoms with E-state index in [2.05, 4.69) is 0 Å². The average molecular weight is 347 g/mol. The molecule has 0 fully saturated rings. The zero-order chi connectivity index (χ0) is 18.7. The van der Waals surface area contributed by atoms with Crippen LogP contribution in [0.3, 0.4) is 0 Å². The summed E-state index contributed by atoms with van der Waals surface area (Å²) in [7, 11) is 0. The fraction of sp³-hybridized carbons (Fsp3) is 0.474. The maximum Gasteiger partial charge on any atom is 0.411 e. The van der Waals surface area contributed by atoms with E-state index in [0.29, 0.717) is 5.56 Å². The van der Waals surface area contributed by atoms with Crippen molar-refractivity contribution in [1.82, 2.24) is 4.90 Å². The minimum absolute atomic E-state index is 0.137. The summed E-state index contributed by atoms with van der Waals surface area (Å²) in [5, 5.41) is 11.0. The standard InChI is InChI=1S/C19H25NO5/c1-5-24-16(22)19(15(21)14-10-7-6-8-11-14)12-9-13-20(19)17(23)25-18(2,3)4/h6-12,15,21H,5,13H2,1-4H3/t15-,19+/m0/s1. The van der Waals surface area contributed by atoms with Gasteiger partial charge >= 0.3 is 12.1 Å². The molecule has 0 aromatic heterocycles. The Labute approximate surface area is 148 Å². The van der Waals surface area contributed by atoms with E-state index < -0.39 is 29.3 Å². The Hall–Kier alpha value is -2.34. The maximum absolute atomic E-state index is 12.8. The fourth-order valence-corrected chi connectivity index (χ4v) is 2.79. The van der Waals surface area contributed by atoms with E-state index in [1.54, 1.807) is 58.0 Å². The second-order valence-corrected chi connectivity index (χ2v) is 6.85. The van der Waals surface area contributed by atoms with Gasteiger partial charge in [-0.2, -0.15) is 0 Å². The van der Waals surface area contributed by atoms with Gasteiger partial charge in [-0.25, -0.2) is 9.59 Å². The third kappa shape index (κ3) is 3.85. The minimum atomic E-state index is -1.65. The highest BCUT2D eigenvalue weighted by Gasteiger charge is 2.55. The molecule has 6 nitrogen and oxygen atoms in total. The molecule has 1 aliphatic heterocycles. The molecule has 136 valence electrons. The molecule has 0 aliphatic carbocycles. The molecule has 1 aromatic carbocycles. The van der Waals surface area contributed by atoms with E-state index in [-0.39, 0.29) is 13.2 Å². The van der Waals surface area contributed by atoms with Crippen molar-refractivity contribution in [2.45, 2.75) is 44.9 Å². The van der Waals surface area contributed by atoms with Crippen LogP contribution >= 0.6 is 0 Å². The van der Waals surface area contributed by atoms with Crippen LogP contribution in [-0.4, -0.2) is 46.4 Å². The minimum Gasteiger partial charge on any atom is -0.464 e.